The standard InChI is InChI=1S/C13H22N6O2S/c14-19-16-7-3-6-15-11(20)5-2-1-4-10-12-9(8-22-10)17-13(21)18-12/h9-10,12H,1-8H2,(H,15,20)(H2,17,18,21). The highest BCUT2D eigenvalue weighted by atomic mass is 32.2. The molecule has 0 bridgehead atoms. The molecule has 3 N–H and O–H groups in total. The van der Waals surface area contributed by atoms with Crippen LogP contribution >= 0.6 is 11.8 Å². The molecule has 2 rings (SSSR count). The van der Waals surface area contributed by atoms with Crippen molar-refractivity contribution in [2.75, 3.05) is 18.8 Å². The molecule has 2 heterocycles. The third-order valence-corrected chi connectivity index (χ3v) is 5.41. The maximum Gasteiger partial charge on any atom is 0.315 e. The first-order chi connectivity index (χ1) is 10.7. The second-order valence-corrected chi connectivity index (χ2v) is 6.80. The topological polar surface area (TPSA) is 119 Å². The van der Waals surface area contributed by atoms with Gasteiger partial charge in [0.1, 0.15) is 0 Å². The Kier molecular flexibility index (Phi) is 6.67. The second kappa shape index (κ2) is 8.75. The van der Waals surface area contributed by atoms with Gasteiger partial charge in [0.05, 0.1) is 12.1 Å². The van der Waals surface area contributed by atoms with E-state index in [-0.39, 0.29) is 24.0 Å². The summed E-state index contributed by atoms with van der Waals surface area (Å²) in [4.78, 5) is 25.5. The number of amides is 3. The van der Waals surface area contributed by atoms with Crippen molar-refractivity contribution in [3.63, 3.8) is 0 Å². The van der Waals surface area contributed by atoms with Crippen LogP contribution in [0.15, 0.2) is 5.11 Å². The van der Waals surface area contributed by atoms with E-state index < -0.39 is 0 Å². The normalized spacial score (nSPS) is 25.8. The molecule has 8 nitrogen and oxygen atoms in total. The summed E-state index contributed by atoms with van der Waals surface area (Å²) in [6, 6.07) is 0.453. The van der Waals surface area contributed by atoms with Crippen molar-refractivity contribution in [1.82, 2.24) is 16.0 Å². The average molecular weight is 326 g/mol. The van der Waals surface area contributed by atoms with E-state index in [2.05, 4.69) is 26.0 Å². The van der Waals surface area contributed by atoms with Crippen LogP contribution < -0.4 is 16.0 Å². The van der Waals surface area contributed by atoms with Gasteiger partial charge in [0.15, 0.2) is 0 Å². The van der Waals surface area contributed by atoms with E-state index in [1.807, 2.05) is 11.8 Å². The molecule has 3 amide bonds. The quantitative estimate of drug-likeness (QED) is 0.196. The molecule has 122 valence electrons. The molecule has 3 atom stereocenters. The number of azide groups is 1. The van der Waals surface area contributed by atoms with Crippen molar-refractivity contribution in [1.29, 1.82) is 0 Å². The summed E-state index contributed by atoms with van der Waals surface area (Å²) in [7, 11) is 0. The fourth-order valence-electron chi connectivity index (χ4n) is 2.78. The summed E-state index contributed by atoms with van der Waals surface area (Å²) in [5.41, 5.74) is 8.12. The highest BCUT2D eigenvalue weighted by Gasteiger charge is 2.42. The molecule has 3 unspecified atom stereocenters. The number of urea groups is 1. The van der Waals surface area contributed by atoms with Gasteiger partial charge in [0.25, 0.3) is 0 Å². The van der Waals surface area contributed by atoms with Gasteiger partial charge < -0.3 is 16.0 Å². The highest BCUT2D eigenvalue weighted by molar-refractivity contribution is 8.00. The molecule has 0 saturated carbocycles. The van der Waals surface area contributed by atoms with Crippen LogP contribution in [0.2, 0.25) is 0 Å². The van der Waals surface area contributed by atoms with E-state index in [1.165, 1.54) is 0 Å². The van der Waals surface area contributed by atoms with Gasteiger partial charge in [-0.1, -0.05) is 11.5 Å². The Balaban J connectivity index is 1.51. The van der Waals surface area contributed by atoms with Crippen molar-refractivity contribution in [3.8, 4) is 0 Å². The molecule has 0 aromatic heterocycles. The maximum absolute atomic E-state index is 11.6. The fraction of sp³-hybridized carbons (Fsp3) is 0.846. The lowest BCUT2D eigenvalue weighted by Crippen LogP contribution is -2.36. The first-order valence-electron chi connectivity index (χ1n) is 7.67. The first kappa shape index (κ1) is 16.8. The van der Waals surface area contributed by atoms with E-state index >= 15 is 0 Å². The van der Waals surface area contributed by atoms with Crippen LogP contribution in [-0.2, 0) is 4.79 Å². The van der Waals surface area contributed by atoms with Gasteiger partial charge in [0.2, 0.25) is 5.91 Å². The van der Waals surface area contributed by atoms with Gasteiger partial charge in [-0.3, -0.25) is 4.79 Å². The van der Waals surface area contributed by atoms with E-state index in [0.29, 0.717) is 31.2 Å². The van der Waals surface area contributed by atoms with Gasteiger partial charge in [-0.2, -0.15) is 11.8 Å². The van der Waals surface area contributed by atoms with E-state index in [4.69, 9.17) is 5.53 Å². The molecule has 0 radical (unpaired) electrons. The van der Waals surface area contributed by atoms with Crippen LogP contribution in [0.5, 0.6) is 0 Å². The Hall–Kier alpha value is -1.60. The summed E-state index contributed by atoms with van der Waals surface area (Å²) in [5, 5.41) is 12.6. The number of fused-ring (bicyclic) bond motifs is 1. The van der Waals surface area contributed by atoms with Gasteiger partial charge >= 0.3 is 6.03 Å². The number of nitrogens with zero attached hydrogens (tertiary/aromatic N) is 3. The maximum atomic E-state index is 11.6. The molecular weight excluding hydrogens is 304 g/mol. The third kappa shape index (κ3) is 4.99. The van der Waals surface area contributed by atoms with Crippen LogP contribution in [0.1, 0.15) is 32.1 Å². The summed E-state index contributed by atoms with van der Waals surface area (Å²) in [6.07, 6.45) is 4.07. The predicted molar refractivity (Wildman–Crippen MR) is 85.6 cm³/mol. The van der Waals surface area contributed by atoms with Gasteiger partial charge in [-0.15, -0.1) is 0 Å². The molecule has 2 aliphatic heterocycles. The van der Waals surface area contributed by atoms with Crippen LogP contribution in [0.25, 0.3) is 10.4 Å². The van der Waals surface area contributed by atoms with Crippen LogP contribution in [0.3, 0.4) is 0 Å². The van der Waals surface area contributed by atoms with E-state index in [0.717, 1.165) is 25.0 Å². The Morgan fingerprint density at radius 2 is 2.27 bits per heavy atom. The first-order valence-corrected chi connectivity index (χ1v) is 8.72. The van der Waals surface area contributed by atoms with Crippen LogP contribution in [0, 0.1) is 0 Å². The van der Waals surface area contributed by atoms with Crippen molar-refractivity contribution in [2.45, 2.75) is 49.4 Å². The third-order valence-electron chi connectivity index (χ3n) is 3.90. The number of carbonyl (C=O) groups excluding carboxylic acids is 2. The van der Waals surface area contributed by atoms with Crippen molar-refractivity contribution in [3.05, 3.63) is 10.4 Å². The summed E-state index contributed by atoms with van der Waals surface area (Å²) < 4.78 is 0. The minimum absolute atomic E-state index is 0.0497. The fourth-order valence-corrected chi connectivity index (χ4v) is 4.33. The second-order valence-electron chi connectivity index (χ2n) is 5.53. The van der Waals surface area contributed by atoms with Gasteiger partial charge in [0, 0.05) is 35.4 Å². The number of nitrogens with one attached hydrogen (secondary N) is 3. The highest BCUT2D eigenvalue weighted by Crippen LogP contribution is 2.33. The lowest BCUT2D eigenvalue weighted by molar-refractivity contribution is -0.121. The Bertz CT molecular complexity index is 454. The van der Waals surface area contributed by atoms with Crippen molar-refractivity contribution in [2.24, 2.45) is 5.11 Å². The van der Waals surface area contributed by atoms with Crippen LogP contribution in [0.4, 0.5) is 4.79 Å². The Labute approximate surface area is 133 Å². The number of hydrogen-bond donors (Lipinski definition) is 3. The lowest BCUT2D eigenvalue weighted by atomic mass is 10.0. The van der Waals surface area contributed by atoms with Gasteiger partial charge in [-0.25, -0.2) is 4.79 Å². The zero-order chi connectivity index (χ0) is 15.8. The smallest absolute Gasteiger partial charge is 0.315 e. The molecule has 0 aromatic carbocycles. The predicted octanol–water partition coefficient (Wildman–Crippen LogP) is 1.53. The van der Waals surface area contributed by atoms with Gasteiger partial charge in [-0.05, 0) is 24.8 Å². The summed E-state index contributed by atoms with van der Waals surface area (Å²) in [6.45, 7) is 0.968. The largest absolute Gasteiger partial charge is 0.356 e. The Morgan fingerprint density at radius 3 is 3.09 bits per heavy atom. The van der Waals surface area contributed by atoms with Crippen LogP contribution in [-0.4, -0.2) is 48.1 Å². The zero-order valence-corrected chi connectivity index (χ0v) is 13.3. The van der Waals surface area contributed by atoms with E-state index in [9.17, 15) is 9.59 Å². The van der Waals surface area contributed by atoms with E-state index in [1.54, 1.807) is 0 Å². The molecule has 9 heteroatoms. The molecule has 2 fully saturated rings. The molecule has 22 heavy (non-hydrogen) atoms. The molecule has 2 saturated heterocycles. The number of hydrogen-bond acceptors (Lipinski definition) is 4. The van der Waals surface area contributed by atoms with Crippen molar-refractivity contribution < 1.29 is 9.59 Å². The molecule has 0 aromatic rings. The number of thioether (sulfide) groups is 1. The van der Waals surface area contributed by atoms with Crippen molar-refractivity contribution >= 4 is 23.7 Å². The Morgan fingerprint density at radius 1 is 1.41 bits per heavy atom. The number of unbranched alkanes of at least 4 members (excludes halogenated alkanes) is 1. The molecule has 0 aliphatic carbocycles. The average Bonchev–Trinajstić information content (AvgIpc) is 3.03. The summed E-state index contributed by atoms with van der Waals surface area (Å²) >= 11 is 1.90. The zero-order valence-electron chi connectivity index (χ0n) is 12.5. The molecular formula is C13H22N6O2S. The molecule has 2 aliphatic rings. The summed E-state index contributed by atoms with van der Waals surface area (Å²) in [5.74, 6) is 1.02. The minimum Gasteiger partial charge on any atom is -0.356 e. The minimum atomic E-state index is -0.0552. The number of carbonyl (C=O) groups is 2. The number of rotatable bonds is 9. The lowest BCUT2D eigenvalue weighted by Gasteiger charge is -2.16. The monoisotopic (exact) mass is 326 g/mol. The SMILES string of the molecule is [N-]=[N+]=NCCCNC(=O)CCCCC1SCC2NC(=O)NC21. The molecule has 0 spiro atoms.